The molecule has 0 fully saturated rings. The number of ketones is 1. The van der Waals surface area contributed by atoms with E-state index in [1.54, 1.807) is 19.1 Å². The lowest BCUT2D eigenvalue weighted by molar-refractivity contribution is 0.101. The molecule has 3 aromatic rings. The third-order valence-electron chi connectivity index (χ3n) is 4.49. The number of urea groups is 1. The molecule has 2 amide bonds. The Bertz CT molecular complexity index is 1000. The molecule has 0 radical (unpaired) electrons. The molecule has 0 atom stereocenters. The van der Waals surface area contributed by atoms with Crippen molar-refractivity contribution in [3.8, 4) is 10.4 Å². The van der Waals surface area contributed by atoms with Crippen LogP contribution in [0.3, 0.4) is 0 Å². The molecule has 0 bridgehead atoms. The summed E-state index contributed by atoms with van der Waals surface area (Å²) >= 11 is 1.41. The van der Waals surface area contributed by atoms with Crippen molar-refractivity contribution in [2.24, 2.45) is 0 Å². The number of hydrogen-bond donors (Lipinski definition) is 2. The minimum atomic E-state index is -0.291. The van der Waals surface area contributed by atoms with Crippen molar-refractivity contribution in [1.29, 1.82) is 0 Å². The maximum Gasteiger partial charge on any atom is 0.321 e. The Balaban J connectivity index is 1.55. The number of carbonyl (C=O) groups is 2. The number of imidazole rings is 1. The van der Waals surface area contributed by atoms with Gasteiger partial charge in [0.15, 0.2) is 10.9 Å². The number of aromatic nitrogens is 3. The number of benzene rings is 1. The highest BCUT2D eigenvalue weighted by Gasteiger charge is 2.12. The number of thiazole rings is 1. The van der Waals surface area contributed by atoms with Crippen molar-refractivity contribution >= 4 is 28.3 Å². The molecule has 7 nitrogen and oxygen atoms in total. The van der Waals surface area contributed by atoms with Gasteiger partial charge in [-0.15, -0.1) is 0 Å². The number of amides is 2. The van der Waals surface area contributed by atoms with Gasteiger partial charge in [0.1, 0.15) is 0 Å². The van der Waals surface area contributed by atoms with E-state index in [0.717, 1.165) is 21.8 Å². The van der Waals surface area contributed by atoms with Crippen LogP contribution in [0.5, 0.6) is 0 Å². The molecule has 29 heavy (non-hydrogen) atoms. The minimum Gasteiger partial charge on any atom is -0.337 e. The summed E-state index contributed by atoms with van der Waals surface area (Å²) in [6.07, 6.45) is 4.47. The fraction of sp³-hybridized carbons (Fsp3) is 0.333. The summed E-state index contributed by atoms with van der Waals surface area (Å²) in [4.78, 5) is 33.3. The summed E-state index contributed by atoms with van der Waals surface area (Å²) in [5.74, 6) is 0.0348. The van der Waals surface area contributed by atoms with Crippen molar-refractivity contribution in [3.05, 3.63) is 53.7 Å². The number of anilines is 1. The maximum absolute atomic E-state index is 12.2. The number of Topliss-reactive ketones (excluding diaryl/α,β-unsaturated/α-hetero) is 1. The summed E-state index contributed by atoms with van der Waals surface area (Å²) in [7, 11) is 0. The van der Waals surface area contributed by atoms with Gasteiger partial charge in [-0.2, -0.15) is 0 Å². The quantitative estimate of drug-likeness (QED) is 0.562. The highest BCUT2D eigenvalue weighted by molar-refractivity contribution is 7.19. The van der Waals surface area contributed by atoms with Crippen LogP contribution >= 0.6 is 11.3 Å². The third kappa shape index (κ3) is 5.29. The van der Waals surface area contributed by atoms with Gasteiger partial charge in [-0.3, -0.25) is 10.1 Å². The van der Waals surface area contributed by atoms with Crippen LogP contribution in [0.25, 0.3) is 10.4 Å². The number of nitrogens with one attached hydrogen (secondary N) is 2. The molecule has 1 aromatic carbocycles. The number of carbonyl (C=O) groups excluding carboxylic acids is 2. The van der Waals surface area contributed by atoms with E-state index < -0.39 is 0 Å². The van der Waals surface area contributed by atoms with Gasteiger partial charge in [0.25, 0.3) is 0 Å². The standard InChI is InChI=1S/C21H25N5O2S/c1-13(2)26-11-18(23-12-26)9-10-22-20(28)25-21-24-14(3)19(29-21)17-7-5-16(6-8-17)15(4)27/h5-8,11-13H,9-10H2,1-4H3,(H2,22,24,25,28). The second-order valence-electron chi connectivity index (χ2n) is 7.10. The summed E-state index contributed by atoms with van der Waals surface area (Å²) in [6, 6.07) is 7.48. The topological polar surface area (TPSA) is 88.9 Å². The predicted molar refractivity (Wildman–Crippen MR) is 116 cm³/mol. The molecule has 0 aliphatic heterocycles. The second kappa shape index (κ2) is 9.00. The Morgan fingerprint density at radius 1 is 1.21 bits per heavy atom. The first kappa shape index (κ1) is 20.7. The molecule has 3 rings (SSSR count). The van der Waals surface area contributed by atoms with E-state index >= 15 is 0 Å². The predicted octanol–water partition coefficient (Wildman–Crippen LogP) is 4.46. The van der Waals surface area contributed by atoms with Crippen molar-refractivity contribution in [3.63, 3.8) is 0 Å². The largest absolute Gasteiger partial charge is 0.337 e. The Morgan fingerprint density at radius 2 is 1.93 bits per heavy atom. The number of hydrogen-bond acceptors (Lipinski definition) is 5. The molecule has 0 aliphatic rings. The zero-order valence-corrected chi connectivity index (χ0v) is 17.8. The minimum absolute atomic E-state index is 0.0348. The molecule has 152 valence electrons. The van der Waals surface area contributed by atoms with Crippen LogP contribution in [-0.2, 0) is 6.42 Å². The molecule has 0 spiro atoms. The van der Waals surface area contributed by atoms with Gasteiger partial charge in [0.2, 0.25) is 0 Å². The van der Waals surface area contributed by atoms with Crippen LogP contribution in [0.4, 0.5) is 9.93 Å². The Morgan fingerprint density at radius 3 is 2.55 bits per heavy atom. The maximum atomic E-state index is 12.2. The van der Waals surface area contributed by atoms with Crippen LogP contribution < -0.4 is 10.6 Å². The first-order valence-electron chi connectivity index (χ1n) is 9.49. The van der Waals surface area contributed by atoms with E-state index in [9.17, 15) is 9.59 Å². The first-order valence-corrected chi connectivity index (χ1v) is 10.3. The van der Waals surface area contributed by atoms with Gasteiger partial charge in [0.05, 0.1) is 22.6 Å². The molecule has 8 heteroatoms. The average Bonchev–Trinajstić information content (AvgIpc) is 3.28. The van der Waals surface area contributed by atoms with Crippen molar-refractivity contribution in [1.82, 2.24) is 19.9 Å². The van der Waals surface area contributed by atoms with Crippen LogP contribution in [-0.4, -0.2) is 32.9 Å². The molecule has 2 aromatic heterocycles. The Labute approximate surface area is 174 Å². The van der Waals surface area contributed by atoms with E-state index in [-0.39, 0.29) is 11.8 Å². The average molecular weight is 412 g/mol. The van der Waals surface area contributed by atoms with E-state index in [0.29, 0.717) is 29.7 Å². The molecule has 0 unspecified atom stereocenters. The monoisotopic (exact) mass is 411 g/mol. The number of nitrogens with zero attached hydrogens (tertiary/aromatic N) is 3. The molecule has 0 saturated heterocycles. The van der Waals surface area contributed by atoms with E-state index in [4.69, 9.17) is 0 Å². The molecular formula is C21H25N5O2S. The first-order chi connectivity index (χ1) is 13.8. The second-order valence-corrected chi connectivity index (χ2v) is 8.10. The lowest BCUT2D eigenvalue weighted by Crippen LogP contribution is -2.30. The smallest absolute Gasteiger partial charge is 0.321 e. The zero-order chi connectivity index (χ0) is 21.0. The molecule has 2 heterocycles. The summed E-state index contributed by atoms with van der Waals surface area (Å²) in [6.45, 7) is 8.13. The summed E-state index contributed by atoms with van der Waals surface area (Å²) in [5, 5.41) is 6.16. The normalized spacial score (nSPS) is 10.9. The highest BCUT2D eigenvalue weighted by atomic mass is 32.1. The van der Waals surface area contributed by atoms with Crippen molar-refractivity contribution < 1.29 is 9.59 Å². The zero-order valence-electron chi connectivity index (χ0n) is 17.0. The summed E-state index contributed by atoms with van der Waals surface area (Å²) in [5.41, 5.74) is 3.42. The van der Waals surface area contributed by atoms with Gasteiger partial charge in [-0.1, -0.05) is 35.6 Å². The molecule has 0 saturated carbocycles. The van der Waals surface area contributed by atoms with Crippen molar-refractivity contribution in [2.45, 2.75) is 40.2 Å². The Kier molecular flexibility index (Phi) is 6.43. The van der Waals surface area contributed by atoms with Crippen LogP contribution in [0.1, 0.15) is 48.6 Å². The lowest BCUT2D eigenvalue weighted by Gasteiger charge is -2.05. The number of aryl methyl sites for hydroxylation is 1. The van der Waals surface area contributed by atoms with Crippen molar-refractivity contribution in [2.75, 3.05) is 11.9 Å². The third-order valence-corrected chi connectivity index (χ3v) is 5.61. The van der Waals surface area contributed by atoms with Crippen LogP contribution in [0.2, 0.25) is 0 Å². The number of rotatable bonds is 7. The fourth-order valence-corrected chi connectivity index (χ4v) is 3.78. The van der Waals surface area contributed by atoms with Gasteiger partial charge in [-0.25, -0.2) is 14.8 Å². The van der Waals surface area contributed by atoms with Gasteiger partial charge >= 0.3 is 6.03 Å². The SMILES string of the molecule is CC(=O)c1ccc(-c2sc(NC(=O)NCCc3cn(C(C)C)cn3)nc2C)cc1. The lowest BCUT2D eigenvalue weighted by atomic mass is 10.1. The molecule has 2 N–H and O–H groups in total. The van der Waals surface area contributed by atoms with Gasteiger partial charge in [0, 0.05) is 30.8 Å². The van der Waals surface area contributed by atoms with E-state index in [2.05, 4.69) is 34.4 Å². The van der Waals surface area contributed by atoms with Crippen LogP contribution in [0.15, 0.2) is 36.8 Å². The van der Waals surface area contributed by atoms with E-state index in [1.807, 2.05) is 36.1 Å². The Hall–Kier alpha value is -3.00. The highest BCUT2D eigenvalue weighted by Crippen LogP contribution is 2.32. The molecular weight excluding hydrogens is 386 g/mol. The molecule has 0 aliphatic carbocycles. The van der Waals surface area contributed by atoms with E-state index in [1.165, 1.54) is 11.3 Å². The van der Waals surface area contributed by atoms with Crippen LogP contribution in [0, 0.1) is 6.92 Å². The van der Waals surface area contributed by atoms with Gasteiger partial charge in [-0.05, 0) is 33.3 Å². The van der Waals surface area contributed by atoms with Gasteiger partial charge < -0.3 is 9.88 Å². The fourth-order valence-electron chi connectivity index (χ4n) is 2.81. The summed E-state index contributed by atoms with van der Waals surface area (Å²) < 4.78 is 2.04.